The lowest BCUT2D eigenvalue weighted by Gasteiger charge is -2.19. The highest BCUT2D eigenvalue weighted by molar-refractivity contribution is 5.34. The molecule has 0 amide bonds. The predicted molar refractivity (Wildman–Crippen MR) is 74.3 cm³/mol. The van der Waals surface area contributed by atoms with Gasteiger partial charge in [0.05, 0.1) is 5.69 Å². The summed E-state index contributed by atoms with van der Waals surface area (Å²) in [6, 6.07) is 6.21. The quantitative estimate of drug-likeness (QED) is 0.750. The van der Waals surface area contributed by atoms with Crippen LogP contribution in [0.3, 0.4) is 0 Å². The molecule has 96 valence electrons. The maximum Gasteiger partial charge on any atom is 0.126 e. The zero-order chi connectivity index (χ0) is 12.5. The Morgan fingerprint density at radius 3 is 2.71 bits per heavy atom. The van der Waals surface area contributed by atoms with E-state index in [2.05, 4.69) is 48.1 Å². The fraction of sp³-hybridized carbons (Fsp3) is 0.643. The molecule has 0 aliphatic rings. The van der Waals surface area contributed by atoms with Crippen molar-refractivity contribution in [1.82, 2.24) is 9.88 Å². The average Bonchev–Trinajstić information content (AvgIpc) is 2.35. The summed E-state index contributed by atoms with van der Waals surface area (Å²) in [6.45, 7) is 10.7. The SMILES string of the molecule is CCCCN(CC)Cc1cccc(NCC)n1. The zero-order valence-electron chi connectivity index (χ0n) is 11.4. The van der Waals surface area contributed by atoms with Gasteiger partial charge < -0.3 is 5.32 Å². The smallest absolute Gasteiger partial charge is 0.126 e. The minimum absolute atomic E-state index is 0.920. The van der Waals surface area contributed by atoms with Crippen molar-refractivity contribution in [2.75, 3.05) is 25.0 Å². The Morgan fingerprint density at radius 2 is 2.06 bits per heavy atom. The number of unbranched alkanes of at least 4 members (excludes halogenated alkanes) is 1. The Hall–Kier alpha value is -1.09. The van der Waals surface area contributed by atoms with Gasteiger partial charge in [0.2, 0.25) is 0 Å². The van der Waals surface area contributed by atoms with E-state index in [4.69, 9.17) is 0 Å². The van der Waals surface area contributed by atoms with Crippen molar-refractivity contribution in [3.63, 3.8) is 0 Å². The Labute approximate surface area is 105 Å². The van der Waals surface area contributed by atoms with Gasteiger partial charge in [-0.05, 0) is 38.6 Å². The van der Waals surface area contributed by atoms with Gasteiger partial charge in [-0.15, -0.1) is 0 Å². The topological polar surface area (TPSA) is 28.2 Å². The lowest BCUT2D eigenvalue weighted by molar-refractivity contribution is 0.272. The monoisotopic (exact) mass is 235 g/mol. The maximum atomic E-state index is 4.61. The van der Waals surface area contributed by atoms with Gasteiger partial charge in [0.15, 0.2) is 0 Å². The summed E-state index contributed by atoms with van der Waals surface area (Å²) in [6.07, 6.45) is 2.52. The molecule has 0 aliphatic heterocycles. The molecule has 0 bridgehead atoms. The lowest BCUT2D eigenvalue weighted by Crippen LogP contribution is -2.24. The number of anilines is 1. The number of pyridine rings is 1. The second-order valence-electron chi connectivity index (χ2n) is 4.27. The van der Waals surface area contributed by atoms with E-state index in [-0.39, 0.29) is 0 Å². The van der Waals surface area contributed by atoms with Gasteiger partial charge in [0.25, 0.3) is 0 Å². The van der Waals surface area contributed by atoms with Crippen molar-refractivity contribution in [2.45, 2.75) is 40.2 Å². The standard InChI is InChI=1S/C14H25N3/c1-4-7-11-17(6-3)12-13-9-8-10-14(16-13)15-5-2/h8-10H,4-7,11-12H2,1-3H3,(H,15,16). The van der Waals surface area contributed by atoms with E-state index >= 15 is 0 Å². The Bertz CT molecular complexity index is 312. The van der Waals surface area contributed by atoms with Gasteiger partial charge in [-0.25, -0.2) is 4.98 Å². The van der Waals surface area contributed by atoms with Gasteiger partial charge in [0.1, 0.15) is 5.82 Å². The molecule has 1 heterocycles. The number of aromatic nitrogens is 1. The molecule has 3 heteroatoms. The van der Waals surface area contributed by atoms with Crippen LogP contribution in [-0.2, 0) is 6.54 Å². The van der Waals surface area contributed by atoms with Crippen LogP contribution >= 0.6 is 0 Å². The first kappa shape index (κ1) is 14.0. The first-order valence-corrected chi connectivity index (χ1v) is 6.72. The van der Waals surface area contributed by atoms with Crippen LogP contribution in [0.4, 0.5) is 5.82 Å². The molecule has 1 aromatic rings. The van der Waals surface area contributed by atoms with Crippen molar-refractivity contribution >= 4 is 5.82 Å². The Morgan fingerprint density at radius 1 is 1.24 bits per heavy atom. The van der Waals surface area contributed by atoms with Crippen molar-refractivity contribution in [1.29, 1.82) is 0 Å². The molecule has 0 radical (unpaired) electrons. The summed E-state index contributed by atoms with van der Waals surface area (Å²) in [7, 11) is 0. The van der Waals surface area contributed by atoms with Crippen LogP contribution in [0.5, 0.6) is 0 Å². The number of hydrogen-bond donors (Lipinski definition) is 1. The number of rotatable bonds is 8. The molecular weight excluding hydrogens is 210 g/mol. The predicted octanol–water partition coefficient (Wildman–Crippen LogP) is 3.14. The summed E-state index contributed by atoms with van der Waals surface area (Å²) < 4.78 is 0. The van der Waals surface area contributed by atoms with E-state index in [1.807, 2.05) is 6.07 Å². The highest BCUT2D eigenvalue weighted by atomic mass is 15.1. The van der Waals surface area contributed by atoms with Crippen LogP contribution in [0, 0.1) is 0 Å². The Kier molecular flexibility index (Phi) is 6.63. The molecule has 0 atom stereocenters. The average molecular weight is 235 g/mol. The fourth-order valence-corrected chi connectivity index (χ4v) is 1.81. The summed E-state index contributed by atoms with van der Waals surface area (Å²) >= 11 is 0. The summed E-state index contributed by atoms with van der Waals surface area (Å²) in [5.41, 5.74) is 1.15. The van der Waals surface area contributed by atoms with Crippen molar-refractivity contribution in [2.24, 2.45) is 0 Å². The minimum Gasteiger partial charge on any atom is -0.370 e. The summed E-state index contributed by atoms with van der Waals surface area (Å²) in [4.78, 5) is 7.05. The second-order valence-corrected chi connectivity index (χ2v) is 4.27. The molecule has 0 fully saturated rings. The molecule has 0 unspecified atom stereocenters. The van der Waals surface area contributed by atoms with Gasteiger partial charge in [-0.1, -0.05) is 26.3 Å². The zero-order valence-corrected chi connectivity index (χ0v) is 11.4. The molecule has 0 saturated heterocycles. The molecule has 1 N–H and O–H groups in total. The molecule has 0 saturated carbocycles. The minimum atomic E-state index is 0.920. The van der Waals surface area contributed by atoms with Crippen LogP contribution < -0.4 is 5.32 Å². The maximum absolute atomic E-state index is 4.61. The van der Waals surface area contributed by atoms with Crippen LogP contribution in [0.15, 0.2) is 18.2 Å². The fourth-order valence-electron chi connectivity index (χ4n) is 1.81. The molecule has 0 spiro atoms. The number of nitrogens with one attached hydrogen (secondary N) is 1. The first-order valence-electron chi connectivity index (χ1n) is 6.72. The molecule has 0 aliphatic carbocycles. The second kappa shape index (κ2) is 8.07. The van der Waals surface area contributed by atoms with Crippen LogP contribution in [0.1, 0.15) is 39.3 Å². The van der Waals surface area contributed by atoms with Crippen molar-refractivity contribution < 1.29 is 0 Å². The van der Waals surface area contributed by atoms with Gasteiger partial charge in [0, 0.05) is 13.1 Å². The van der Waals surface area contributed by atoms with Gasteiger partial charge in [-0.3, -0.25) is 4.90 Å². The number of hydrogen-bond acceptors (Lipinski definition) is 3. The van der Waals surface area contributed by atoms with E-state index in [0.29, 0.717) is 0 Å². The third-order valence-corrected chi connectivity index (χ3v) is 2.83. The molecule has 1 rings (SSSR count). The van der Waals surface area contributed by atoms with E-state index in [9.17, 15) is 0 Å². The van der Waals surface area contributed by atoms with E-state index in [1.54, 1.807) is 0 Å². The third-order valence-electron chi connectivity index (χ3n) is 2.83. The van der Waals surface area contributed by atoms with Crippen molar-refractivity contribution in [3.8, 4) is 0 Å². The van der Waals surface area contributed by atoms with E-state index < -0.39 is 0 Å². The lowest BCUT2D eigenvalue weighted by atomic mass is 10.2. The van der Waals surface area contributed by atoms with Crippen LogP contribution in [0.2, 0.25) is 0 Å². The number of nitrogens with zero attached hydrogens (tertiary/aromatic N) is 2. The van der Waals surface area contributed by atoms with E-state index in [0.717, 1.165) is 31.1 Å². The summed E-state index contributed by atoms with van der Waals surface area (Å²) in [5.74, 6) is 0.983. The first-order chi connectivity index (χ1) is 8.30. The van der Waals surface area contributed by atoms with Crippen LogP contribution in [-0.4, -0.2) is 29.5 Å². The highest BCUT2D eigenvalue weighted by Crippen LogP contribution is 2.08. The largest absolute Gasteiger partial charge is 0.370 e. The van der Waals surface area contributed by atoms with Gasteiger partial charge >= 0.3 is 0 Å². The summed E-state index contributed by atoms with van der Waals surface area (Å²) in [5, 5.41) is 3.25. The molecule has 17 heavy (non-hydrogen) atoms. The molecule has 3 nitrogen and oxygen atoms in total. The van der Waals surface area contributed by atoms with E-state index in [1.165, 1.54) is 19.4 Å². The normalized spacial score (nSPS) is 10.8. The Balaban J connectivity index is 2.55. The highest BCUT2D eigenvalue weighted by Gasteiger charge is 2.04. The van der Waals surface area contributed by atoms with Crippen LogP contribution in [0.25, 0.3) is 0 Å². The van der Waals surface area contributed by atoms with Gasteiger partial charge in [-0.2, -0.15) is 0 Å². The molecule has 1 aromatic heterocycles. The third kappa shape index (κ3) is 5.18. The van der Waals surface area contributed by atoms with Crippen molar-refractivity contribution in [3.05, 3.63) is 23.9 Å². The molecule has 0 aromatic carbocycles. The molecular formula is C14H25N3.